The number of amides is 1. The summed E-state index contributed by atoms with van der Waals surface area (Å²) in [7, 11) is -6.74. The summed E-state index contributed by atoms with van der Waals surface area (Å²) in [6, 6.07) is 42.3. The van der Waals surface area contributed by atoms with Crippen molar-refractivity contribution >= 4 is 42.1 Å². The van der Waals surface area contributed by atoms with E-state index in [0.29, 0.717) is 79.8 Å². The van der Waals surface area contributed by atoms with Crippen molar-refractivity contribution in [3.05, 3.63) is 178 Å². The summed E-state index contributed by atoms with van der Waals surface area (Å²) < 4.78 is 41.7. The molecule has 12 heteroatoms. The van der Waals surface area contributed by atoms with Crippen LogP contribution in [0, 0.1) is 37.5 Å². The molecule has 68 heavy (non-hydrogen) atoms. The van der Waals surface area contributed by atoms with Crippen LogP contribution in [0.5, 0.6) is 0 Å². The van der Waals surface area contributed by atoms with Gasteiger partial charge in [0.25, 0.3) is 7.37 Å². The normalized spacial score (nSPS) is 15.5. The second kappa shape index (κ2) is 22.3. The SMILES string of the molecule is CCOP(=O)(c1ccccc1)c1cc(C#Cc2ccc(C)cc2)cc(CN2CCN(Cc3cc(C#Cc4ccc(C)cc4)cc(P(C)(=O)c4ccccc4)n3)CCN(C(=O)OC(C)(C)C)CC2)n1. The monoisotopic (exact) mass is 945 g/mol. The molecule has 0 bridgehead atoms. The number of benzene rings is 4. The van der Waals surface area contributed by atoms with Gasteiger partial charge in [-0.2, -0.15) is 0 Å². The van der Waals surface area contributed by atoms with Crippen LogP contribution >= 0.6 is 14.5 Å². The molecular weight excluding hydrogens is 885 g/mol. The summed E-state index contributed by atoms with van der Waals surface area (Å²) in [4.78, 5) is 30.2. The standard InChI is InChI=1S/C56H61N5O5P2/c1-8-65-68(64,52-17-13-10-14-18-52)54-40-48(30-28-46-25-21-44(3)22-26-46)38-50(58-54)42-60-32-31-59(33-35-61(36-34-60)55(62)66-56(4,5)6)41-49-37-47(29-27-45-23-19-43(2)20-24-45)39-53(57-49)67(7,63)51-15-11-9-12-16-51/h9-26,37-40H,8,31-36,41-42H2,1-7H3. The highest BCUT2D eigenvalue weighted by molar-refractivity contribution is 7.77. The average Bonchev–Trinajstić information content (AvgIpc) is 3.42. The molecule has 4 aromatic carbocycles. The Morgan fingerprint density at radius 1 is 0.588 bits per heavy atom. The minimum absolute atomic E-state index is 0.228. The summed E-state index contributed by atoms with van der Waals surface area (Å²) in [6.45, 7) is 17.4. The molecule has 10 nitrogen and oxygen atoms in total. The van der Waals surface area contributed by atoms with Crippen LogP contribution in [0.4, 0.5) is 4.79 Å². The van der Waals surface area contributed by atoms with Crippen molar-refractivity contribution in [2.75, 3.05) is 52.5 Å². The van der Waals surface area contributed by atoms with Crippen molar-refractivity contribution in [3.63, 3.8) is 0 Å². The maximum absolute atomic E-state index is 15.0. The lowest BCUT2D eigenvalue weighted by atomic mass is 10.1. The van der Waals surface area contributed by atoms with Gasteiger partial charge in [-0.15, -0.1) is 0 Å². The summed E-state index contributed by atoms with van der Waals surface area (Å²) in [5.74, 6) is 13.2. The fraction of sp³-hybridized carbons (Fsp3) is 0.304. The van der Waals surface area contributed by atoms with Crippen LogP contribution in [0.15, 0.2) is 133 Å². The number of hydrogen-bond acceptors (Lipinski definition) is 9. The van der Waals surface area contributed by atoms with E-state index in [1.54, 1.807) is 17.6 Å². The molecule has 0 spiro atoms. The fourth-order valence-electron chi connectivity index (χ4n) is 7.73. The van der Waals surface area contributed by atoms with Gasteiger partial charge in [0.2, 0.25) is 0 Å². The molecule has 1 amide bonds. The van der Waals surface area contributed by atoms with E-state index >= 15 is 0 Å². The van der Waals surface area contributed by atoms with E-state index < -0.39 is 26.2 Å². The molecular formula is C56H61N5O5P2. The molecule has 1 aliphatic heterocycles. The third-order valence-electron chi connectivity index (χ3n) is 11.5. The average molecular weight is 946 g/mol. The number of aromatic nitrogens is 2. The smallest absolute Gasteiger partial charge is 0.410 e. The molecule has 2 aromatic heterocycles. The second-order valence-electron chi connectivity index (χ2n) is 18.2. The Hall–Kier alpha value is -6.09. The number of rotatable bonds is 10. The zero-order valence-corrected chi connectivity index (χ0v) is 42.0. The summed E-state index contributed by atoms with van der Waals surface area (Å²) in [6.07, 6.45) is -0.392. The lowest BCUT2D eigenvalue weighted by Crippen LogP contribution is -2.42. The number of carbonyl (C=O) groups excluding carboxylic acids is 1. The van der Waals surface area contributed by atoms with Gasteiger partial charge in [0.15, 0.2) is 7.14 Å². The Kier molecular flexibility index (Phi) is 16.4. The summed E-state index contributed by atoms with van der Waals surface area (Å²) in [5.41, 5.74) is 6.95. The number of pyridine rings is 2. The number of aryl methyl sites for hydroxylation is 2. The molecule has 6 aromatic rings. The van der Waals surface area contributed by atoms with Crippen LogP contribution < -0.4 is 21.5 Å². The van der Waals surface area contributed by atoms with Crippen molar-refractivity contribution in [2.24, 2.45) is 0 Å². The van der Waals surface area contributed by atoms with Gasteiger partial charge in [0, 0.05) is 85.2 Å². The molecule has 2 unspecified atom stereocenters. The number of hydrogen-bond donors (Lipinski definition) is 0. The van der Waals surface area contributed by atoms with Crippen LogP contribution in [0.25, 0.3) is 0 Å². The lowest BCUT2D eigenvalue weighted by Gasteiger charge is -2.29. The van der Waals surface area contributed by atoms with Crippen molar-refractivity contribution in [3.8, 4) is 23.7 Å². The Morgan fingerprint density at radius 3 is 1.49 bits per heavy atom. The molecule has 0 N–H and O–H groups in total. The minimum atomic E-state index is -3.62. The first kappa shape index (κ1) is 49.8. The van der Waals surface area contributed by atoms with Crippen LogP contribution in [0.2, 0.25) is 0 Å². The van der Waals surface area contributed by atoms with E-state index in [9.17, 15) is 13.9 Å². The lowest BCUT2D eigenvalue weighted by molar-refractivity contribution is 0.0229. The van der Waals surface area contributed by atoms with Crippen molar-refractivity contribution < 1.29 is 23.2 Å². The molecule has 1 saturated heterocycles. The van der Waals surface area contributed by atoms with Gasteiger partial charge in [0.1, 0.15) is 16.5 Å². The Bertz CT molecular complexity index is 2920. The van der Waals surface area contributed by atoms with Gasteiger partial charge in [-0.25, -0.2) is 14.8 Å². The topological polar surface area (TPSA) is 105 Å². The molecule has 0 radical (unpaired) electrons. The van der Waals surface area contributed by atoms with Crippen molar-refractivity contribution in [2.45, 2.75) is 60.2 Å². The maximum Gasteiger partial charge on any atom is 0.410 e. The zero-order chi connectivity index (χ0) is 48.3. The molecule has 1 fully saturated rings. The van der Waals surface area contributed by atoms with Gasteiger partial charge in [-0.3, -0.25) is 14.4 Å². The highest BCUT2D eigenvalue weighted by Crippen LogP contribution is 2.44. The number of nitrogens with zero attached hydrogens (tertiary/aromatic N) is 5. The minimum Gasteiger partial charge on any atom is -0.444 e. The maximum atomic E-state index is 15.0. The Balaban J connectivity index is 1.24. The third-order valence-corrected chi connectivity index (χ3v) is 16.3. The number of ether oxygens (including phenoxy) is 1. The summed E-state index contributed by atoms with van der Waals surface area (Å²) in [5, 5.41) is 1.28. The molecule has 0 saturated carbocycles. The first-order valence-electron chi connectivity index (χ1n) is 23.1. The highest BCUT2D eigenvalue weighted by Gasteiger charge is 2.32. The van der Waals surface area contributed by atoms with Crippen molar-refractivity contribution in [1.82, 2.24) is 24.7 Å². The van der Waals surface area contributed by atoms with Crippen LogP contribution in [0.3, 0.4) is 0 Å². The predicted octanol–water partition coefficient (Wildman–Crippen LogP) is 8.66. The fourth-order valence-corrected chi connectivity index (χ4v) is 11.5. The highest BCUT2D eigenvalue weighted by atomic mass is 31.2. The Morgan fingerprint density at radius 2 is 1.01 bits per heavy atom. The predicted molar refractivity (Wildman–Crippen MR) is 275 cm³/mol. The van der Waals surface area contributed by atoms with E-state index in [-0.39, 0.29) is 6.61 Å². The molecule has 1 aliphatic rings. The largest absolute Gasteiger partial charge is 0.444 e. The van der Waals surface area contributed by atoms with Gasteiger partial charge < -0.3 is 18.7 Å². The van der Waals surface area contributed by atoms with Gasteiger partial charge in [0.05, 0.1) is 18.0 Å². The third kappa shape index (κ3) is 13.5. The van der Waals surface area contributed by atoms with Gasteiger partial charge in [-0.05, 0) is 109 Å². The van der Waals surface area contributed by atoms with Gasteiger partial charge >= 0.3 is 6.09 Å². The second-order valence-corrected chi connectivity index (χ2v) is 23.4. The molecule has 7 rings (SSSR count). The molecule has 2 atom stereocenters. The quantitative estimate of drug-likeness (QED) is 0.0987. The first-order valence-corrected chi connectivity index (χ1v) is 26.9. The van der Waals surface area contributed by atoms with E-state index in [0.717, 1.165) is 38.8 Å². The van der Waals surface area contributed by atoms with E-state index in [1.165, 1.54) is 0 Å². The number of carbonyl (C=O) groups is 1. The van der Waals surface area contributed by atoms with Crippen molar-refractivity contribution in [1.29, 1.82) is 0 Å². The molecule has 0 aliphatic carbocycles. The first-order chi connectivity index (χ1) is 32.6. The van der Waals surface area contributed by atoms with Crippen LogP contribution in [-0.2, 0) is 31.5 Å². The van der Waals surface area contributed by atoms with Crippen LogP contribution in [0.1, 0.15) is 72.5 Å². The molecule has 3 heterocycles. The summed E-state index contributed by atoms with van der Waals surface area (Å²) >= 11 is 0. The zero-order valence-electron chi connectivity index (χ0n) is 40.2. The van der Waals surface area contributed by atoms with E-state index in [4.69, 9.17) is 19.2 Å². The molecule has 350 valence electrons. The van der Waals surface area contributed by atoms with E-state index in [1.807, 2.05) is 169 Å². The van der Waals surface area contributed by atoms with Crippen LogP contribution in [-0.4, -0.2) is 88.9 Å². The Labute approximate surface area is 403 Å². The van der Waals surface area contributed by atoms with E-state index in [2.05, 4.69) is 33.5 Å². The van der Waals surface area contributed by atoms with Gasteiger partial charge in [-0.1, -0.05) is 108 Å².